The Morgan fingerprint density at radius 2 is 1.94 bits per heavy atom. The SMILES string of the molecule is Cc1ccc(NC(=O)c2cn(-c3ccc(-c4noc(C5CCC5)n4)cc3)nc2C)cc1Cl. The summed E-state index contributed by atoms with van der Waals surface area (Å²) in [6, 6.07) is 13.1. The van der Waals surface area contributed by atoms with E-state index in [-0.39, 0.29) is 5.91 Å². The summed E-state index contributed by atoms with van der Waals surface area (Å²) in [5, 5.41) is 12.1. The Bertz CT molecular complexity index is 1290. The van der Waals surface area contributed by atoms with Gasteiger partial charge in [-0.25, -0.2) is 4.68 Å². The number of aryl methyl sites for hydroxylation is 2. The van der Waals surface area contributed by atoms with Gasteiger partial charge in [0.15, 0.2) is 0 Å². The Balaban J connectivity index is 1.33. The second-order valence-electron chi connectivity index (χ2n) is 8.12. The molecule has 1 aliphatic rings. The van der Waals surface area contributed by atoms with Crippen LogP contribution in [0.1, 0.15) is 52.7 Å². The normalized spacial score (nSPS) is 13.7. The first-order chi connectivity index (χ1) is 15.5. The fourth-order valence-electron chi connectivity index (χ4n) is 3.62. The van der Waals surface area contributed by atoms with Crippen molar-refractivity contribution in [1.29, 1.82) is 0 Å². The lowest BCUT2D eigenvalue weighted by Crippen LogP contribution is -2.12. The third kappa shape index (κ3) is 3.91. The van der Waals surface area contributed by atoms with Crippen LogP contribution in [-0.4, -0.2) is 25.8 Å². The van der Waals surface area contributed by atoms with Crippen molar-refractivity contribution in [2.45, 2.75) is 39.0 Å². The molecule has 1 N–H and O–H groups in total. The molecule has 0 radical (unpaired) electrons. The molecule has 162 valence electrons. The zero-order chi connectivity index (χ0) is 22.2. The minimum Gasteiger partial charge on any atom is -0.339 e. The fraction of sp³-hybridized carbons (Fsp3) is 0.250. The number of hydrogen-bond acceptors (Lipinski definition) is 5. The molecule has 0 atom stereocenters. The van der Waals surface area contributed by atoms with Gasteiger partial charge in [-0.1, -0.05) is 29.2 Å². The van der Waals surface area contributed by atoms with Crippen LogP contribution in [0.25, 0.3) is 17.1 Å². The van der Waals surface area contributed by atoms with Crippen molar-refractivity contribution >= 4 is 23.2 Å². The number of hydrogen-bond donors (Lipinski definition) is 1. The molecule has 1 fully saturated rings. The highest BCUT2D eigenvalue weighted by molar-refractivity contribution is 6.31. The zero-order valence-corrected chi connectivity index (χ0v) is 18.6. The Labute approximate surface area is 190 Å². The van der Waals surface area contributed by atoms with E-state index in [1.165, 1.54) is 6.42 Å². The van der Waals surface area contributed by atoms with E-state index in [1.807, 2.05) is 50.2 Å². The molecule has 32 heavy (non-hydrogen) atoms. The van der Waals surface area contributed by atoms with E-state index in [0.29, 0.717) is 33.7 Å². The minimum atomic E-state index is -0.236. The van der Waals surface area contributed by atoms with Gasteiger partial charge in [0, 0.05) is 28.4 Å². The number of aromatic nitrogens is 4. The highest BCUT2D eigenvalue weighted by atomic mass is 35.5. The predicted molar refractivity (Wildman–Crippen MR) is 122 cm³/mol. The van der Waals surface area contributed by atoms with Gasteiger partial charge in [0.25, 0.3) is 5.91 Å². The molecular formula is C24H22ClN5O2. The van der Waals surface area contributed by atoms with Gasteiger partial charge in [-0.2, -0.15) is 10.1 Å². The van der Waals surface area contributed by atoms with E-state index in [9.17, 15) is 4.79 Å². The average molecular weight is 448 g/mol. The molecule has 0 aliphatic heterocycles. The van der Waals surface area contributed by atoms with Gasteiger partial charge in [0.2, 0.25) is 11.7 Å². The highest BCUT2D eigenvalue weighted by Crippen LogP contribution is 2.36. The van der Waals surface area contributed by atoms with Gasteiger partial charge in [-0.3, -0.25) is 4.79 Å². The molecule has 2 heterocycles. The maximum atomic E-state index is 12.8. The second kappa shape index (κ2) is 8.24. The number of nitrogens with zero attached hydrogens (tertiary/aromatic N) is 4. The summed E-state index contributed by atoms with van der Waals surface area (Å²) in [4.78, 5) is 17.3. The molecule has 2 aromatic heterocycles. The van der Waals surface area contributed by atoms with E-state index in [1.54, 1.807) is 16.9 Å². The van der Waals surface area contributed by atoms with Gasteiger partial charge in [0.05, 0.1) is 16.9 Å². The molecule has 5 rings (SSSR count). The Morgan fingerprint density at radius 3 is 2.62 bits per heavy atom. The van der Waals surface area contributed by atoms with Crippen molar-refractivity contribution in [1.82, 2.24) is 19.9 Å². The van der Waals surface area contributed by atoms with Gasteiger partial charge < -0.3 is 9.84 Å². The Hall–Kier alpha value is -3.45. The van der Waals surface area contributed by atoms with E-state index in [2.05, 4.69) is 20.6 Å². The van der Waals surface area contributed by atoms with Crippen molar-refractivity contribution in [2.24, 2.45) is 0 Å². The minimum absolute atomic E-state index is 0.236. The molecule has 0 unspecified atom stereocenters. The predicted octanol–water partition coefficient (Wildman–Crippen LogP) is 5.71. The number of carbonyl (C=O) groups is 1. The van der Waals surface area contributed by atoms with E-state index >= 15 is 0 Å². The first-order valence-corrected chi connectivity index (χ1v) is 10.9. The first-order valence-electron chi connectivity index (χ1n) is 10.6. The molecule has 1 aliphatic carbocycles. The van der Waals surface area contributed by atoms with Crippen molar-refractivity contribution in [2.75, 3.05) is 5.32 Å². The van der Waals surface area contributed by atoms with Gasteiger partial charge in [0.1, 0.15) is 0 Å². The van der Waals surface area contributed by atoms with Crippen LogP contribution in [-0.2, 0) is 0 Å². The van der Waals surface area contributed by atoms with Crippen molar-refractivity contribution in [3.05, 3.63) is 76.4 Å². The third-order valence-corrected chi connectivity index (χ3v) is 6.27. The van der Waals surface area contributed by atoms with Crippen LogP contribution in [0, 0.1) is 13.8 Å². The van der Waals surface area contributed by atoms with Crippen molar-refractivity contribution in [3.8, 4) is 17.1 Å². The van der Waals surface area contributed by atoms with E-state index < -0.39 is 0 Å². The van der Waals surface area contributed by atoms with Crippen LogP contribution in [0.4, 0.5) is 5.69 Å². The third-order valence-electron chi connectivity index (χ3n) is 5.86. The first kappa shape index (κ1) is 20.5. The quantitative estimate of drug-likeness (QED) is 0.423. The van der Waals surface area contributed by atoms with Crippen LogP contribution in [0.15, 0.2) is 53.2 Å². The molecule has 0 spiro atoms. The lowest BCUT2D eigenvalue weighted by molar-refractivity contribution is 0.102. The molecule has 0 bridgehead atoms. The summed E-state index contributed by atoms with van der Waals surface area (Å²) < 4.78 is 7.10. The summed E-state index contributed by atoms with van der Waals surface area (Å²) in [5.41, 5.74) is 4.43. The lowest BCUT2D eigenvalue weighted by atomic mass is 9.85. The molecule has 2 aromatic carbocycles. The number of halogens is 1. The standard InChI is InChI=1S/C24H22ClN5O2/c1-14-6-9-18(12-21(14)25)26-23(31)20-13-30(28-15(20)2)19-10-7-16(8-11-19)22-27-24(32-29-22)17-4-3-5-17/h6-13,17H,3-5H2,1-2H3,(H,26,31). The van der Waals surface area contributed by atoms with Crippen LogP contribution in [0.2, 0.25) is 5.02 Å². The molecule has 7 nitrogen and oxygen atoms in total. The Kier molecular flexibility index (Phi) is 5.27. The summed E-state index contributed by atoms with van der Waals surface area (Å²) >= 11 is 6.16. The van der Waals surface area contributed by atoms with Crippen LogP contribution in [0.5, 0.6) is 0 Å². The Morgan fingerprint density at radius 1 is 1.16 bits per heavy atom. The molecule has 8 heteroatoms. The average Bonchev–Trinajstić information content (AvgIpc) is 3.37. The largest absolute Gasteiger partial charge is 0.339 e. The smallest absolute Gasteiger partial charge is 0.259 e. The van der Waals surface area contributed by atoms with E-state index in [0.717, 1.165) is 35.5 Å². The molecular weight excluding hydrogens is 426 g/mol. The molecule has 1 saturated carbocycles. The number of nitrogens with one attached hydrogen (secondary N) is 1. The van der Waals surface area contributed by atoms with Gasteiger partial charge in [-0.15, -0.1) is 0 Å². The van der Waals surface area contributed by atoms with Gasteiger partial charge >= 0.3 is 0 Å². The number of carbonyl (C=O) groups excluding carboxylic acids is 1. The summed E-state index contributed by atoms with van der Waals surface area (Å²) in [6.45, 7) is 3.72. The highest BCUT2D eigenvalue weighted by Gasteiger charge is 2.25. The van der Waals surface area contributed by atoms with Crippen molar-refractivity contribution in [3.63, 3.8) is 0 Å². The van der Waals surface area contributed by atoms with Crippen molar-refractivity contribution < 1.29 is 9.32 Å². The molecule has 4 aromatic rings. The fourth-order valence-corrected chi connectivity index (χ4v) is 3.80. The molecule has 1 amide bonds. The van der Waals surface area contributed by atoms with Crippen LogP contribution < -0.4 is 5.32 Å². The number of benzene rings is 2. The summed E-state index contributed by atoms with van der Waals surface area (Å²) in [7, 11) is 0. The van der Waals surface area contributed by atoms with Crippen LogP contribution >= 0.6 is 11.6 Å². The zero-order valence-electron chi connectivity index (χ0n) is 17.8. The topological polar surface area (TPSA) is 85.8 Å². The maximum absolute atomic E-state index is 12.8. The number of rotatable bonds is 5. The number of anilines is 1. The number of amides is 1. The van der Waals surface area contributed by atoms with E-state index in [4.69, 9.17) is 16.1 Å². The van der Waals surface area contributed by atoms with Gasteiger partial charge in [-0.05, 0) is 68.7 Å². The van der Waals surface area contributed by atoms with Crippen LogP contribution in [0.3, 0.4) is 0 Å². The second-order valence-corrected chi connectivity index (χ2v) is 8.53. The molecule has 0 saturated heterocycles. The maximum Gasteiger partial charge on any atom is 0.259 e. The lowest BCUT2D eigenvalue weighted by Gasteiger charge is -2.20. The monoisotopic (exact) mass is 447 g/mol. The summed E-state index contributed by atoms with van der Waals surface area (Å²) in [5.74, 6) is 1.49. The summed E-state index contributed by atoms with van der Waals surface area (Å²) in [6.07, 6.45) is 5.18.